The van der Waals surface area contributed by atoms with Crippen molar-refractivity contribution in [3.05, 3.63) is 0 Å². The van der Waals surface area contributed by atoms with E-state index in [1.165, 1.54) is 0 Å². The van der Waals surface area contributed by atoms with Crippen LogP contribution in [0.3, 0.4) is 0 Å². The van der Waals surface area contributed by atoms with Crippen LogP contribution in [0.25, 0.3) is 0 Å². The van der Waals surface area contributed by atoms with E-state index in [-0.39, 0.29) is 6.03 Å². The summed E-state index contributed by atoms with van der Waals surface area (Å²) in [4.78, 5) is 22.8. The summed E-state index contributed by atoms with van der Waals surface area (Å²) >= 11 is 0. The molecule has 0 aromatic heterocycles. The van der Waals surface area contributed by atoms with E-state index in [1.807, 2.05) is 6.92 Å². The quantitative estimate of drug-likeness (QED) is 0.610. The Morgan fingerprint density at radius 1 is 1.10 bits per heavy atom. The van der Waals surface area contributed by atoms with Crippen LogP contribution in [-0.4, -0.2) is 29.7 Å². The van der Waals surface area contributed by atoms with Crippen molar-refractivity contribution in [1.29, 1.82) is 0 Å². The second kappa shape index (κ2) is 9.61. The lowest BCUT2D eigenvalue weighted by molar-refractivity contribution is -0.139. The molecule has 0 aliphatic carbocycles. The minimum Gasteiger partial charge on any atom is -0.480 e. The number of hydrogen-bond donors (Lipinski definition) is 3. The highest BCUT2D eigenvalue weighted by Crippen LogP contribution is 2.19. The van der Waals surface area contributed by atoms with Gasteiger partial charge in [-0.05, 0) is 24.2 Å². The number of carbonyl (C=O) groups is 2. The molecule has 0 bridgehead atoms. The maximum Gasteiger partial charge on any atom is 0.326 e. The number of carboxylic acids is 1. The van der Waals surface area contributed by atoms with Crippen LogP contribution in [-0.2, 0) is 4.79 Å². The molecule has 5 heteroatoms. The number of aliphatic carboxylic acids is 1. The van der Waals surface area contributed by atoms with Crippen molar-refractivity contribution in [2.45, 2.75) is 59.9 Å². The number of rotatable bonds is 9. The Hall–Kier alpha value is -1.26. The van der Waals surface area contributed by atoms with E-state index in [9.17, 15) is 9.59 Å². The van der Waals surface area contributed by atoms with Gasteiger partial charge in [0.2, 0.25) is 0 Å². The number of carbonyl (C=O) groups excluding carboxylic acids is 1. The summed E-state index contributed by atoms with van der Waals surface area (Å²) < 4.78 is 0. The minimum absolute atomic E-state index is 0.389. The molecule has 118 valence electrons. The second-order valence-electron chi connectivity index (χ2n) is 6.04. The first-order valence-electron chi connectivity index (χ1n) is 7.56. The Labute approximate surface area is 122 Å². The molecule has 0 aliphatic heterocycles. The summed E-state index contributed by atoms with van der Waals surface area (Å²) in [6.45, 7) is 11.1. The highest BCUT2D eigenvalue weighted by molar-refractivity contribution is 5.82. The summed E-state index contributed by atoms with van der Waals surface area (Å²) in [6, 6.07) is -1.19. The first-order chi connectivity index (χ1) is 9.29. The van der Waals surface area contributed by atoms with Gasteiger partial charge in [-0.25, -0.2) is 9.59 Å². The van der Waals surface area contributed by atoms with Crippen molar-refractivity contribution in [2.24, 2.45) is 17.8 Å². The van der Waals surface area contributed by atoms with E-state index in [4.69, 9.17) is 5.11 Å². The van der Waals surface area contributed by atoms with Crippen molar-refractivity contribution in [3.8, 4) is 0 Å². The standard InChI is InChI=1S/C15H30N2O3/c1-6-7-8-13(14(18)19)17-15(20)16-9-12(10(2)3)11(4)5/h10-13H,6-9H2,1-5H3,(H,18,19)(H2,16,17,20)/t13-/m0/s1. The molecule has 1 atom stereocenters. The van der Waals surface area contributed by atoms with Crippen molar-refractivity contribution in [1.82, 2.24) is 10.6 Å². The third-order valence-corrected chi connectivity index (χ3v) is 3.66. The summed E-state index contributed by atoms with van der Waals surface area (Å²) in [6.07, 6.45) is 2.17. The molecule has 2 amide bonds. The molecule has 0 radical (unpaired) electrons. The fraction of sp³-hybridized carbons (Fsp3) is 0.867. The molecule has 0 aromatic carbocycles. The number of carboxylic acid groups (broad SMARTS) is 1. The van der Waals surface area contributed by atoms with Gasteiger partial charge in [-0.2, -0.15) is 0 Å². The van der Waals surface area contributed by atoms with Gasteiger partial charge in [0.15, 0.2) is 0 Å². The molecular formula is C15H30N2O3. The molecule has 0 aliphatic rings. The summed E-state index contributed by atoms with van der Waals surface area (Å²) in [7, 11) is 0. The zero-order valence-corrected chi connectivity index (χ0v) is 13.4. The third kappa shape index (κ3) is 7.36. The summed E-state index contributed by atoms with van der Waals surface area (Å²) in [5.41, 5.74) is 0. The molecule has 0 heterocycles. The van der Waals surface area contributed by atoms with Gasteiger partial charge in [0, 0.05) is 6.54 Å². The highest BCUT2D eigenvalue weighted by atomic mass is 16.4. The predicted molar refractivity (Wildman–Crippen MR) is 80.6 cm³/mol. The van der Waals surface area contributed by atoms with E-state index < -0.39 is 12.0 Å². The van der Waals surface area contributed by atoms with Crippen LogP contribution < -0.4 is 10.6 Å². The van der Waals surface area contributed by atoms with Crippen LogP contribution >= 0.6 is 0 Å². The lowest BCUT2D eigenvalue weighted by Gasteiger charge is -2.25. The molecule has 0 rings (SSSR count). The highest BCUT2D eigenvalue weighted by Gasteiger charge is 2.21. The van der Waals surface area contributed by atoms with Crippen molar-refractivity contribution in [2.75, 3.05) is 6.54 Å². The van der Waals surface area contributed by atoms with Gasteiger partial charge in [0.1, 0.15) is 6.04 Å². The second-order valence-corrected chi connectivity index (χ2v) is 6.04. The monoisotopic (exact) mass is 286 g/mol. The van der Waals surface area contributed by atoms with Gasteiger partial charge in [0.05, 0.1) is 0 Å². The number of amides is 2. The molecule has 0 unspecified atom stereocenters. The van der Waals surface area contributed by atoms with Crippen molar-refractivity contribution in [3.63, 3.8) is 0 Å². The summed E-state index contributed by atoms with van der Waals surface area (Å²) in [5.74, 6) is 0.369. The molecular weight excluding hydrogens is 256 g/mol. The molecule has 0 fully saturated rings. The normalized spacial score (nSPS) is 12.8. The largest absolute Gasteiger partial charge is 0.480 e. The molecule has 0 saturated heterocycles. The molecule has 20 heavy (non-hydrogen) atoms. The van der Waals surface area contributed by atoms with Gasteiger partial charge in [0.25, 0.3) is 0 Å². The van der Waals surface area contributed by atoms with Crippen molar-refractivity contribution >= 4 is 12.0 Å². The van der Waals surface area contributed by atoms with Crippen LogP contribution in [0.1, 0.15) is 53.9 Å². The van der Waals surface area contributed by atoms with Gasteiger partial charge < -0.3 is 15.7 Å². The topological polar surface area (TPSA) is 78.4 Å². The lowest BCUT2D eigenvalue weighted by Crippen LogP contribution is -2.47. The van der Waals surface area contributed by atoms with E-state index in [0.29, 0.717) is 30.7 Å². The summed E-state index contributed by atoms with van der Waals surface area (Å²) in [5, 5.41) is 14.4. The fourth-order valence-corrected chi connectivity index (χ4v) is 2.33. The smallest absolute Gasteiger partial charge is 0.326 e. The number of unbranched alkanes of at least 4 members (excludes halogenated alkanes) is 1. The van der Waals surface area contributed by atoms with Crippen LogP contribution in [0.4, 0.5) is 4.79 Å². The third-order valence-electron chi connectivity index (χ3n) is 3.66. The molecule has 0 aromatic rings. The van der Waals surface area contributed by atoms with Gasteiger partial charge in [-0.15, -0.1) is 0 Å². The molecule has 0 saturated carbocycles. The average Bonchev–Trinajstić information content (AvgIpc) is 2.33. The zero-order valence-electron chi connectivity index (χ0n) is 13.4. The zero-order chi connectivity index (χ0) is 15.7. The maximum absolute atomic E-state index is 11.8. The Kier molecular flexibility index (Phi) is 9.01. The number of nitrogens with one attached hydrogen (secondary N) is 2. The molecule has 0 spiro atoms. The number of hydrogen-bond acceptors (Lipinski definition) is 2. The predicted octanol–water partition coefficient (Wildman–Crippen LogP) is 2.86. The average molecular weight is 286 g/mol. The Morgan fingerprint density at radius 3 is 2.05 bits per heavy atom. The Morgan fingerprint density at radius 2 is 1.65 bits per heavy atom. The van der Waals surface area contributed by atoms with Gasteiger partial charge in [-0.3, -0.25) is 0 Å². The first-order valence-corrected chi connectivity index (χ1v) is 7.56. The van der Waals surface area contributed by atoms with Gasteiger partial charge in [-0.1, -0.05) is 47.5 Å². The number of urea groups is 1. The maximum atomic E-state index is 11.8. The van der Waals surface area contributed by atoms with Crippen LogP contribution in [0.5, 0.6) is 0 Å². The SMILES string of the molecule is CCCC[C@H](NC(=O)NCC(C(C)C)C(C)C)C(=O)O. The van der Waals surface area contributed by atoms with E-state index in [0.717, 1.165) is 12.8 Å². The first kappa shape index (κ1) is 18.7. The lowest BCUT2D eigenvalue weighted by atomic mass is 9.85. The van der Waals surface area contributed by atoms with Crippen LogP contribution in [0.15, 0.2) is 0 Å². The van der Waals surface area contributed by atoms with E-state index in [2.05, 4.69) is 38.3 Å². The molecule has 3 N–H and O–H groups in total. The minimum atomic E-state index is -0.974. The Balaban J connectivity index is 4.28. The van der Waals surface area contributed by atoms with Crippen LogP contribution in [0, 0.1) is 17.8 Å². The van der Waals surface area contributed by atoms with Gasteiger partial charge >= 0.3 is 12.0 Å². The van der Waals surface area contributed by atoms with E-state index >= 15 is 0 Å². The molecule has 5 nitrogen and oxygen atoms in total. The van der Waals surface area contributed by atoms with E-state index in [1.54, 1.807) is 0 Å². The Bertz CT molecular complexity index is 295. The van der Waals surface area contributed by atoms with Crippen molar-refractivity contribution < 1.29 is 14.7 Å². The van der Waals surface area contributed by atoms with Crippen LogP contribution in [0.2, 0.25) is 0 Å². The fourth-order valence-electron chi connectivity index (χ4n) is 2.33.